The zero-order valence-corrected chi connectivity index (χ0v) is 10.7. The van der Waals surface area contributed by atoms with Gasteiger partial charge in [0, 0.05) is 0 Å². The van der Waals surface area contributed by atoms with Crippen molar-refractivity contribution in [3.63, 3.8) is 0 Å². The number of hydrogen-bond donors (Lipinski definition) is 2. The van der Waals surface area contributed by atoms with Gasteiger partial charge >= 0.3 is 11.7 Å². The minimum absolute atomic E-state index is 0.136. The zero-order valence-electron chi connectivity index (χ0n) is 10.7. The number of carboxylic acid groups (broad SMARTS) is 1. The minimum atomic E-state index is -1.03. The van der Waals surface area contributed by atoms with E-state index in [1.54, 1.807) is 18.2 Å². The molecule has 0 radical (unpaired) electrons. The molecule has 0 saturated heterocycles. The van der Waals surface area contributed by atoms with Gasteiger partial charge in [-0.15, -0.1) is 0 Å². The van der Waals surface area contributed by atoms with Crippen LogP contribution in [0, 0.1) is 0 Å². The molecule has 0 aliphatic rings. The molecule has 0 spiro atoms. The number of aromatic carboxylic acids is 1. The van der Waals surface area contributed by atoms with Crippen LogP contribution in [0.2, 0.25) is 0 Å². The molecule has 0 saturated carbocycles. The van der Waals surface area contributed by atoms with Crippen LogP contribution in [0.4, 0.5) is 0 Å². The molecule has 102 valence electrons. The summed E-state index contributed by atoms with van der Waals surface area (Å²) in [6.07, 6.45) is 1.54. The van der Waals surface area contributed by atoms with Crippen LogP contribution in [-0.4, -0.2) is 20.6 Å². The summed E-state index contributed by atoms with van der Waals surface area (Å²) >= 11 is 0. The SMILES string of the molecule is CC(c1ccco1)n1c(=O)[nH]c2ccc(C(=O)O)cc21. The van der Waals surface area contributed by atoms with Crippen LogP contribution in [-0.2, 0) is 0 Å². The van der Waals surface area contributed by atoms with Gasteiger partial charge in [0.2, 0.25) is 0 Å². The Morgan fingerprint density at radius 2 is 2.20 bits per heavy atom. The van der Waals surface area contributed by atoms with Gasteiger partial charge in [-0.2, -0.15) is 0 Å². The molecule has 1 aromatic carbocycles. The molecule has 1 unspecified atom stereocenters. The van der Waals surface area contributed by atoms with Crippen LogP contribution >= 0.6 is 0 Å². The van der Waals surface area contributed by atoms with Crippen molar-refractivity contribution in [1.82, 2.24) is 9.55 Å². The quantitative estimate of drug-likeness (QED) is 0.765. The molecular weight excluding hydrogens is 260 g/mol. The first-order valence-corrected chi connectivity index (χ1v) is 6.09. The minimum Gasteiger partial charge on any atom is -0.478 e. The van der Waals surface area contributed by atoms with Crippen molar-refractivity contribution in [2.45, 2.75) is 13.0 Å². The van der Waals surface area contributed by atoms with Crippen molar-refractivity contribution in [3.05, 3.63) is 58.4 Å². The standard InChI is InChI=1S/C14H12N2O4/c1-8(12-3-2-6-20-12)16-11-7-9(13(17)18)4-5-10(11)15-14(16)19/h2-8H,1H3,(H,15,19)(H,17,18). The Labute approximate surface area is 113 Å². The number of carbonyl (C=O) groups is 1. The highest BCUT2D eigenvalue weighted by atomic mass is 16.4. The van der Waals surface area contributed by atoms with Crippen molar-refractivity contribution in [3.8, 4) is 0 Å². The van der Waals surface area contributed by atoms with Crippen LogP contribution in [0.15, 0.2) is 45.8 Å². The highest BCUT2D eigenvalue weighted by Gasteiger charge is 2.18. The Bertz CT molecular complexity index is 827. The van der Waals surface area contributed by atoms with Crippen LogP contribution in [0.5, 0.6) is 0 Å². The summed E-state index contributed by atoms with van der Waals surface area (Å²) in [5.41, 5.74) is 0.973. The summed E-state index contributed by atoms with van der Waals surface area (Å²) in [5, 5.41) is 9.05. The molecule has 20 heavy (non-hydrogen) atoms. The monoisotopic (exact) mass is 272 g/mol. The highest BCUT2D eigenvalue weighted by molar-refractivity contribution is 5.92. The van der Waals surface area contributed by atoms with Gasteiger partial charge in [-0.1, -0.05) is 0 Å². The van der Waals surface area contributed by atoms with Gasteiger partial charge in [-0.05, 0) is 37.3 Å². The molecule has 6 nitrogen and oxygen atoms in total. The molecule has 0 bridgehead atoms. The van der Waals surface area contributed by atoms with Crippen molar-refractivity contribution >= 4 is 17.0 Å². The van der Waals surface area contributed by atoms with Crippen LogP contribution in [0.3, 0.4) is 0 Å². The number of aromatic nitrogens is 2. The van der Waals surface area contributed by atoms with Crippen LogP contribution in [0.25, 0.3) is 11.0 Å². The van der Waals surface area contributed by atoms with E-state index in [0.29, 0.717) is 16.8 Å². The number of rotatable bonds is 3. The van der Waals surface area contributed by atoms with E-state index in [1.165, 1.54) is 23.0 Å². The Morgan fingerprint density at radius 1 is 1.40 bits per heavy atom. The lowest BCUT2D eigenvalue weighted by atomic mass is 10.2. The smallest absolute Gasteiger partial charge is 0.335 e. The van der Waals surface area contributed by atoms with E-state index in [-0.39, 0.29) is 17.3 Å². The number of carboxylic acids is 1. The van der Waals surface area contributed by atoms with E-state index in [4.69, 9.17) is 9.52 Å². The van der Waals surface area contributed by atoms with E-state index < -0.39 is 5.97 Å². The lowest BCUT2D eigenvalue weighted by Crippen LogP contribution is -2.20. The molecule has 1 atom stereocenters. The topological polar surface area (TPSA) is 88.2 Å². The number of furan rings is 1. The average molecular weight is 272 g/mol. The summed E-state index contributed by atoms with van der Waals surface area (Å²) in [7, 11) is 0. The number of fused-ring (bicyclic) bond motifs is 1. The molecular formula is C14H12N2O4. The third-order valence-corrected chi connectivity index (χ3v) is 3.31. The van der Waals surface area contributed by atoms with Gasteiger partial charge in [0.1, 0.15) is 5.76 Å². The second-order valence-electron chi connectivity index (χ2n) is 4.53. The van der Waals surface area contributed by atoms with E-state index in [1.807, 2.05) is 6.92 Å². The lowest BCUT2D eigenvalue weighted by molar-refractivity contribution is 0.0697. The number of hydrogen-bond acceptors (Lipinski definition) is 3. The van der Waals surface area contributed by atoms with Crippen molar-refractivity contribution < 1.29 is 14.3 Å². The van der Waals surface area contributed by atoms with E-state index >= 15 is 0 Å². The number of nitrogens with zero attached hydrogens (tertiary/aromatic N) is 1. The Morgan fingerprint density at radius 3 is 2.85 bits per heavy atom. The summed E-state index contributed by atoms with van der Waals surface area (Å²) in [5.74, 6) is -0.397. The third kappa shape index (κ3) is 1.82. The lowest BCUT2D eigenvalue weighted by Gasteiger charge is -2.10. The summed E-state index contributed by atoms with van der Waals surface area (Å²) < 4.78 is 6.80. The number of aromatic amines is 1. The maximum absolute atomic E-state index is 12.1. The largest absolute Gasteiger partial charge is 0.478 e. The van der Waals surface area contributed by atoms with Gasteiger partial charge in [-0.3, -0.25) is 4.57 Å². The Kier molecular flexibility index (Phi) is 2.71. The van der Waals surface area contributed by atoms with Crippen molar-refractivity contribution in [2.75, 3.05) is 0 Å². The average Bonchev–Trinajstić information content (AvgIpc) is 3.03. The fraction of sp³-hybridized carbons (Fsp3) is 0.143. The van der Waals surface area contributed by atoms with Crippen molar-refractivity contribution in [1.29, 1.82) is 0 Å². The van der Waals surface area contributed by atoms with Crippen molar-refractivity contribution in [2.24, 2.45) is 0 Å². The second-order valence-corrected chi connectivity index (χ2v) is 4.53. The summed E-state index contributed by atoms with van der Waals surface area (Å²) in [6.45, 7) is 1.82. The molecule has 0 aliphatic carbocycles. The predicted octanol–water partition coefficient (Wildman–Crippen LogP) is 2.23. The number of nitrogens with one attached hydrogen (secondary N) is 1. The first kappa shape index (κ1) is 12.3. The first-order valence-electron chi connectivity index (χ1n) is 6.09. The second kappa shape index (κ2) is 4.41. The fourth-order valence-corrected chi connectivity index (χ4v) is 2.30. The number of imidazole rings is 1. The van der Waals surface area contributed by atoms with E-state index in [9.17, 15) is 9.59 Å². The molecule has 2 aromatic heterocycles. The van der Waals surface area contributed by atoms with Gasteiger partial charge in [0.05, 0.1) is 28.9 Å². The molecule has 2 N–H and O–H groups in total. The van der Waals surface area contributed by atoms with Gasteiger partial charge < -0.3 is 14.5 Å². The molecule has 0 amide bonds. The van der Waals surface area contributed by atoms with Crippen LogP contribution < -0.4 is 5.69 Å². The summed E-state index contributed by atoms with van der Waals surface area (Å²) in [6, 6.07) is 7.73. The Hall–Kier alpha value is -2.76. The van der Waals surface area contributed by atoms with E-state index in [2.05, 4.69) is 4.98 Å². The highest BCUT2D eigenvalue weighted by Crippen LogP contribution is 2.22. The third-order valence-electron chi connectivity index (χ3n) is 3.31. The predicted molar refractivity (Wildman–Crippen MR) is 72.0 cm³/mol. The molecule has 3 rings (SSSR count). The maximum Gasteiger partial charge on any atom is 0.335 e. The molecule has 0 aliphatic heterocycles. The first-order chi connectivity index (χ1) is 9.58. The normalized spacial score (nSPS) is 12.7. The molecule has 6 heteroatoms. The van der Waals surface area contributed by atoms with Gasteiger partial charge in [0.25, 0.3) is 0 Å². The van der Waals surface area contributed by atoms with Gasteiger partial charge in [-0.25, -0.2) is 9.59 Å². The Balaban J connectivity index is 2.23. The van der Waals surface area contributed by atoms with Crippen LogP contribution in [0.1, 0.15) is 29.1 Å². The molecule has 0 fully saturated rings. The summed E-state index contributed by atoms with van der Waals surface area (Å²) in [4.78, 5) is 25.8. The zero-order chi connectivity index (χ0) is 14.3. The molecule has 2 heterocycles. The van der Waals surface area contributed by atoms with E-state index in [0.717, 1.165) is 0 Å². The number of benzene rings is 1. The fourth-order valence-electron chi connectivity index (χ4n) is 2.30. The van der Waals surface area contributed by atoms with Gasteiger partial charge in [0.15, 0.2) is 0 Å². The molecule has 3 aromatic rings. The number of H-pyrrole nitrogens is 1. The maximum atomic E-state index is 12.1.